The third-order valence-corrected chi connectivity index (χ3v) is 5.71. The standard InChI is InChI=1S/C23H27NO3/c1-15-11-21(12-16(2)24-15)27-10-9-18-5-7-19(8-6-18)17(3)23(4)14-20(25)13-22(23)26/h5-8,11-12,17H,9-10,13-14H2,1-4H3/t17-,23+/m1/s1. The fourth-order valence-corrected chi connectivity index (χ4v) is 3.85. The summed E-state index contributed by atoms with van der Waals surface area (Å²) in [7, 11) is 0. The fourth-order valence-electron chi connectivity index (χ4n) is 3.85. The number of hydrogen-bond donors (Lipinski definition) is 0. The lowest BCUT2D eigenvalue weighted by Gasteiger charge is -2.29. The van der Waals surface area contributed by atoms with Gasteiger partial charge in [-0.05, 0) is 30.9 Å². The van der Waals surface area contributed by atoms with E-state index in [-0.39, 0.29) is 23.9 Å². The highest BCUT2D eigenvalue weighted by Crippen LogP contribution is 2.44. The highest BCUT2D eigenvalue weighted by molar-refractivity contribution is 6.09. The van der Waals surface area contributed by atoms with Gasteiger partial charge >= 0.3 is 0 Å². The maximum Gasteiger partial charge on any atom is 0.147 e. The zero-order valence-electron chi connectivity index (χ0n) is 16.5. The summed E-state index contributed by atoms with van der Waals surface area (Å²) in [5.41, 5.74) is 3.63. The molecule has 0 amide bonds. The van der Waals surface area contributed by atoms with Gasteiger partial charge in [0.2, 0.25) is 0 Å². The number of carbonyl (C=O) groups excluding carboxylic acids is 2. The van der Waals surface area contributed by atoms with Crippen LogP contribution in [0, 0.1) is 19.3 Å². The Kier molecular flexibility index (Phi) is 5.45. The number of Topliss-reactive ketones (excluding diaryl/α,β-unsaturated/α-hetero) is 2. The summed E-state index contributed by atoms with van der Waals surface area (Å²) in [5, 5.41) is 0. The van der Waals surface area contributed by atoms with E-state index in [2.05, 4.69) is 29.2 Å². The number of benzene rings is 1. The van der Waals surface area contributed by atoms with Crippen LogP contribution in [0.2, 0.25) is 0 Å². The normalized spacial score (nSPS) is 20.7. The minimum Gasteiger partial charge on any atom is -0.493 e. The fraction of sp³-hybridized carbons (Fsp3) is 0.435. The summed E-state index contributed by atoms with van der Waals surface area (Å²) in [6.07, 6.45) is 1.25. The van der Waals surface area contributed by atoms with Crippen LogP contribution in [0.25, 0.3) is 0 Å². The first kappa shape index (κ1) is 19.3. The molecule has 0 N–H and O–H groups in total. The quantitative estimate of drug-likeness (QED) is 0.714. The van der Waals surface area contributed by atoms with Crippen molar-refractivity contribution in [3.05, 3.63) is 58.9 Å². The number of carbonyl (C=O) groups is 2. The molecule has 0 spiro atoms. The molecule has 142 valence electrons. The Bertz CT molecular complexity index is 836. The topological polar surface area (TPSA) is 56.3 Å². The van der Waals surface area contributed by atoms with Crippen LogP contribution in [-0.2, 0) is 16.0 Å². The van der Waals surface area contributed by atoms with Gasteiger partial charge in [0.1, 0.15) is 17.3 Å². The van der Waals surface area contributed by atoms with Gasteiger partial charge in [0.25, 0.3) is 0 Å². The van der Waals surface area contributed by atoms with E-state index in [0.29, 0.717) is 13.0 Å². The third-order valence-electron chi connectivity index (χ3n) is 5.71. The van der Waals surface area contributed by atoms with Gasteiger partial charge in [-0.15, -0.1) is 0 Å². The molecule has 4 nitrogen and oxygen atoms in total. The molecule has 4 heteroatoms. The molecule has 0 radical (unpaired) electrons. The Morgan fingerprint density at radius 1 is 1.11 bits per heavy atom. The van der Waals surface area contributed by atoms with E-state index in [0.717, 1.165) is 29.1 Å². The SMILES string of the molecule is Cc1cc(OCCc2ccc([C@@H](C)[C@]3(C)CC(=O)CC3=O)cc2)cc(C)n1. The minimum atomic E-state index is -0.571. The number of aryl methyl sites for hydroxylation is 2. The molecule has 1 heterocycles. The second-order valence-corrected chi connectivity index (χ2v) is 7.88. The first-order valence-electron chi connectivity index (χ1n) is 9.50. The van der Waals surface area contributed by atoms with Gasteiger partial charge in [-0.2, -0.15) is 0 Å². The van der Waals surface area contributed by atoms with Crippen molar-refractivity contribution in [1.29, 1.82) is 0 Å². The molecule has 2 aromatic rings. The molecule has 2 atom stereocenters. The molecule has 1 aromatic heterocycles. The lowest BCUT2D eigenvalue weighted by Crippen LogP contribution is -2.28. The minimum absolute atomic E-state index is 0.0320. The summed E-state index contributed by atoms with van der Waals surface area (Å²) >= 11 is 0. The van der Waals surface area contributed by atoms with Crippen molar-refractivity contribution in [1.82, 2.24) is 4.98 Å². The van der Waals surface area contributed by atoms with Gasteiger partial charge in [0.15, 0.2) is 0 Å². The van der Waals surface area contributed by atoms with Crippen molar-refractivity contribution in [3.8, 4) is 5.75 Å². The molecule has 0 bridgehead atoms. The molecule has 0 saturated heterocycles. The second-order valence-electron chi connectivity index (χ2n) is 7.88. The number of nitrogens with zero attached hydrogens (tertiary/aromatic N) is 1. The number of aromatic nitrogens is 1. The van der Waals surface area contributed by atoms with Gasteiger partial charge in [-0.3, -0.25) is 14.6 Å². The maximum atomic E-state index is 12.3. The van der Waals surface area contributed by atoms with Gasteiger partial charge in [-0.25, -0.2) is 0 Å². The summed E-state index contributed by atoms with van der Waals surface area (Å²) in [6.45, 7) is 8.49. The van der Waals surface area contributed by atoms with Crippen LogP contribution < -0.4 is 4.74 Å². The number of ether oxygens (including phenoxy) is 1. The summed E-state index contributed by atoms with van der Waals surface area (Å²) in [4.78, 5) is 28.3. The lowest BCUT2D eigenvalue weighted by molar-refractivity contribution is -0.126. The summed E-state index contributed by atoms with van der Waals surface area (Å²) in [5.74, 6) is 1.01. The van der Waals surface area contributed by atoms with Crippen LogP contribution in [0.3, 0.4) is 0 Å². The molecular formula is C23H27NO3. The molecule has 0 aliphatic heterocycles. The summed E-state index contributed by atoms with van der Waals surface area (Å²) < 4.78 is 5.85. The molecule has 27 heavy (non-hydrogen) atoms. The van der Waals surface area contributed by atoms with Gasteiger partial charge in [0.05, 0.1) is 13.0 Å². The van der Waals surface area contributed by atoms with E-state index in [9.17, 15) is 9.59 Å². The monoisotopic (exact) mass is 365 g/mol. The molecule has 1 saturated carbocycles. The van der Waals surface area contributed by atoms with Crippen molar-refractivity contribution in [2.45, 2.75) is 52.9 Å². The predicted octanol–water partition coefficient (Wildman–Crippen LogP) is 4.36. The predicted molar refractivity (Wildman–Crippen MR) is 105 cm³/mol. The first-order valence-corrected chi connectivity index (χ1v) is 9.50. The Balaban J connectivity index is 1.60. The Morgan fingerprint density at radius 2 is 1.74 bits per heavy atom. The highest BCUT2D eigenvalue weighted by Gasteiger charge is 2.46. The van der Waals surface area contributed by atoms with Crippen LogP contribution in [0.1, 0.15) is 55.1 Å². The zero-order valence-corrected chi connectivity index (χ0v) is 16.5. The Hall–Kier alpha value is -2.49. The van der Waals surface area contributed by atoms with Crippen molar-refractivity contribution in [2.24, 2.45) is 5.41 Å². The van der Waals surface area contributed by atoms with Crippen molar-refractivity contribution in [2.75, 3.05) is 6.61 Å². The summed E-state index contributed by atoms with van der Waals surface area (Å²) in [6, 6.07) is 12.2. The smallest absolute Gasteiger partial charge is 0.147 e. The van der Waals surface area contributed by atoms with Gasteiger partial charge in [-0.1, -0.05) is 38.1 Å². The molecular weight excluding hydrogens is 338 g/mol. The van der Waals surface area contributed by atoms with Crippen molar-refractivity contribution < 1.29 is 14.3 Å². The average molecular weight is 365 g/mol. The molecule has 0 unspecified atom stereocenters. The first-order chi connectivity index (χ1) is 12.8. The van der Waals surface area contributed by atoms with E-state index in [4.69, 9.17) is 4.74 Å². The van der Waals surface area contributed by atoms with E-state index in [1.807, 2.05) is 39.8 Å². The Labute approximate surface area is 161 Å². The van der Waals surface area contributed by atoms with Crippen LogP contribution in [0.15, 0.2) is 36.4 Å². The average Bonchev–Trinajstić information content (AvgIpc) is 2.87. The number of ketones is 2. The molecule has 3 rings (SSSR count). The molecule has 1 aliphatic rings. The zero-order chi connectivity index (χ0) is 19.6. The van der Waals surface area contributed by atoms with Crippen LogP contribution in [-0.4, -0.2) is 23.2 Å². The van der Waals surface area contributed by atoms with Crippen LogP contribution in [0.5, 0.6) is 5.75 Å². The van der Waals surface area contributed by atoms with Gasteiger partial charge in [0, 0.05) is 41.8 Å². The number of hydrogen-bond acceptors (Lipinski definition) is 4. The van der Waals surface area contributed by atoms with Crippen LogP contribution >= 0.6 is 0 Å². The maximum absolute atomic E-state index is 12.3. The van der Waals surface area contributed by atoms with E-state index < -0.39 is 5.41 Å². The van der Waals surface area contributed by atoms with Crippen molar-refractivity contribution in [3.63, 3.8) is 0 Å². The number of pyridine rings is 1. The van der Waals surface area contributed by atoms with Crippen LogP contribution in [0.4, 0.5) is 0 Å². The lowest BCUT2D eigenvalue weighted by atomic mass is 9.72. The molecule has 1 aliphatic carbocycles. The number of rotatable bonds is 6. The Morgan fingerprint density at radius 3 is 2.30 bits per heavy atom. The van der Waals surface area contributed by atoms with E-state index in [1.165, 1.54) is 5.56 Å². The van der Waals surface area contributed by atoms with E-state index in [1.54, 1.807) is 0 Å². The molecule has 1 aromatic carbocycles. The second kappa shape index (κ2) is 7.63. The van der Waals surface area contributed by atoms with Crippen molar-refractivity contribution >= 4 is 11.6 Å². The van der Waals surface area contributed by atoms with E-state index >= 15 is 0 Å². The highest BCUT2D eigenvalue weighted by atomic mass is 16.5. The molecule has 1 fully saturated rings. The van der Waals surface area contributed by atoms with Gasteiger partial charge < -0.3 is 4.74 Å². The largest absolute Gasteiger partial charge is 0.493 e. The third kappa shape index (κ3) is 4.26.